The van der Waals surface area contributed by atoms with E-state index in [0.717, 1.165) is 16.1 Å². The lowest BCUT2D eigenvalue weighted by Crippen LogP contribution is -2.13. The quantitative estimate of drug-likeness (QED) is 0.389. The first kappa shape index (κ1) is 13.5. The lowest BCUT2D eigenvalue weighted by Gasteiger charge is -2.12. The van der Waals surface area contributed by atoms with Gasteiger partial charge in [0.15, 0.2) is 5.82 Å². The van der Waals surface area contributed by atoms with E-state index in [-0.39, 0.29) is 0 Å². The number of nitrogens with one attached hydrogen (secondary N) is 1. The summed E-state index contributed by atoms with van der Waals surface area (Å²) in [6.07, 6.45) is 3.76. The predicted octanol–water partition coefficient (Wildman–Crippen LogP) is 3.10. The van der Waals surface area contributed by atoms with Gasteiger partial charge in [0.2, 0.25) is 0 Å². The summed E-state index contributed by atoms with van der Waals surface area (Å²) in [5.41, 5.74) is 1.06. The fourth-order valence-corrected chi connectivity index (χ4v) is 1.61. The first-order valence-corrected chi connectivity index (χ1v) is 6.98. The van der Waals surface area contributed by atoms with Gasteiger partial charge in [-0.05, 0) is 27.7 Å². The molecule has 1 rings (SSSR count). The predicted molar refractivity (Wildman–Crippen MR) is 77.9 cm³/mol. The van der Waals surface area contributed by atoms with E-state index in [9.17, 15) is 0 Å². The molecule has 16 heavy (non-hydrogen) atoms. The number of hydrogen-bond donors (Lipinski definition) is 1. The number of aliphatic imine (C=N–C) groups is 1. The molecular formula is C11H19IN4. The first-order valence-electron chi connectivity index (χ1n) is 5.45. The zero-order valence-electron chi connectivity index (χ0n) is 10.2. The van der Waals surface area contributed by atoms with Gasteiger partial charge in [0, 0.05) is 18.3 Å². The number of alkyl halides is 1. The highest BCUT2D eigenvalue weighted by molar-refractivity contribution is 14.1. The molecule has 0 aromatic carbocycles. The van der Waals surface area contributed by atoms with Gasteiger partial charge in [-0.2, -0.15) is 0 Å². The molecule has 0 bridgehead atoms. The SMILES string of the molecule is CC(C)Nc1ncn(C(C)C)c1C=NCI. The van der Waals surface area contributed by atoms with E-state index < -0.39 is 0 Å². The van der Waals surface area contributed by atoms with Crippen LogP contribution in [0.2, 0.25) is 0 Å². The minimum Gasteiger partial charge on any atom is -0.366 e. The summed E-state index contributed by atoms with van der Waals surface area (Å²) in [6, 6.07) is 0.771. The Balaban J connectivity index is 3.04. The molecule has 0 saturated carbocycles. The van der Waals surface area contributed by atoms with Crippen LogP contribution in [0.15, 0.2) is 11.3 Å². The molecule has 1 heterocycles. The Hall–Kier alpha value is -0.590. The number of rotatable bonds is 5. The maximum atomic E-state index is 4.39. The highest BCUT2D eigenvalue weighted by Gasteiger charge is 2.11. The van der Waals surface area contributed by atoms with Crippen LogP contribution in [0, 0.1) is 0 Å². The summed E-state index contributed by atoms with van der Waals surface area (Å²) in [5.74, 6) is 0.914. The monoisotopic (exact) mass is 334 g/mol. The van der Waals surface area contributed by atoms with Crippen LogP contribution in [0.1, 0.15) is 39.4 Å². The Morgan fingerprint density at radius 2 is 2.19 bits per heavy atom. The van der Waals surface area contributed by atoms with Crippen LogP contribution in [-0.2, 0) is 0 Å². The van der Waals surface area contributed by atoms with E-state index in [0.29, 0.717) is 12.1 Å². The van der Waals surface area contributed by atoms with Crippen LogP contribution in [0.3, 0.4) is 0 Å². The van der Waals surface area contributed by atoms with Crippen molar-refractivity contribution in [3.05, 3.63) is 12.0 Å². The molecule has 4 nitrogen and oxygen atoms in total. The van der Waals surface area contributed by atoms with E-state index in [1.807, 2.05) is 12.5 Å². The molecule has 0 amide bonds. The maximum Gasteiger partial charge on any atom is 0.153 e. The highest BCUT2D eigenvalue weighted by atomic mass is 127. The zero-order chi connectivity index (χ0) is 12.1. The zero-order valence-corrected chi connectivity index (χ0v) is 12.4. The van der Waals surface area contributed by atoms with Crippen molar-refractivity contribution in [2.24, 2.45) is 4.99 Å². The number of halogens is 1. The molecule has 1 aromatic heterocycles. The molecular weight excluding hydrogens is 315 g/mol. The molecule has 0 spiro atoms. The Labute approximate surface area is 111 Å². The highest BCUT2D eigenvalue weighted by Crippen LogP contribution is 2.17. The van der Waals surface area contributed by atoms with E-state index in [1.165, 1.54) is 0 Å². The van der Waals surface area contributed by atoms with Crippen LogP contribution in [-0.4, -0.2) is 26.4 Å². The molecule has 1 aromatic rings. The first-order chi connectivity index (χ1) is 7.56. The van der Waals surface area contributed by atoms with E-state index >= 15 is 0 Å². The molecule has 5 heteroatoms. The summed E-state index contributed by atoms with van der Waals surface area (Å²) < 4.78 is 2.89. The third kappa shape index (κ3) is 3.47. The normalized spacial score (nSPS) is 11.9. The molecule has 0 fully saturated rings. The number of imidazole rings is 1. The average Bonchev–Trinajstić information content (AvgIpc) is 2.57. The lowest BCUT2D eigenvalue weighted by atomic mass is 10.3. The lowest BCUT2D eigenvalue weighted by molar-refractivity contribution is 0.597. The second-order valence-corrected chi connectivity index (χ2v) is 4.89. The van der Waals surface area contributed by atoms with Crippen LogP contribution in [0.5, 0.6) is 0 Å². The van der Waals surface area contributed by atoms with Crippen molar-refractivity contribution in [3.8, 4) is 0 Å². The van der Waals surface area contributed by atoms with Gasteiger partial charge in [-0.3, -0.25) is 4.99 Å². The van der Waals surface area contributed by atoms with Crippen LogP contribution in [0.25, 0.3) is 0 Å². The Morgan fingerprint density at radius 1 is 1.50 bits per heavy atom. The number of aromatic nitrogens is 2. The molecule has 0 aliphatic heterocycles. The number of anilines is 1. The maximum absolute atomic E-state index is 4.39. The summed E-state index contributed by atoms with van der Waals surface area (Å²) in [6.45, 7) is 8.49. The topological polar surface area (TPSA) is 42.2 Å². The van der Waals surface area contributed by atoms with E-state index in [1.54, 1.807) is 0 Å². The van der Waals surface area contributed by atoms with Gasteiger partial charge in [0.05, 0.1) is 10.9 Å². The number of nitrogens with zero attached hydrogens (tertiary/aromatic N) is 3. The molecule has 0 aliphatic rings. The van der Waals surface area contributed by atoms with Gasteiger partial charge in [0.1, 0.15) is 5.69 Å². The summed E-state index contributed by atoms with van der Waals surface area (Å²) in [4.78, 5) is 8.67. The van der Waals surface area contributed by atoms with Gasteiger partial charge in [-0.25, -0.2) is 4.98 Å². The second-order valence-electron chi connectivity index (χ2n) is 4.21. The summed E-state index contributed by atoms with van der Waals surface area (Å²) >= 11 is 2.23. The third-order valence-corrected chi connectivity index (χ3v) is 2.49. The van der Waals surface area contributed by atoms with Crippen molar-refractivity contribution in [1.82, 2.24) is 9.55 Å². The molecule has 0 unspecified atom stereocenters. The minimum atomic E-state index is 0.377. The van der Waals surface area contributed by atoms with Crippen LogP contribution < -0.4 is 5.32 Å². The minimum absolute atomic E-state index is 0.377. The largest absolute Gasteiger partial charge is 0.366 e. The molecule has 90 valence electrons. The van der Waals surface area contributed by atoms with Gasteiger partial charge in [-0.15, -0.1) is 0 Å². The fourth-order valence-electron chi connectivity index (χ4n) is 1.42. The Kier molecular flexibility index (Phi) is 5.24. The van der Waals surface area contributed by atoms with Crippen molar-refractivity contribution in [2.45, 2.75) is 39.8 Å². The van der Waals surface area contributed by atoms with Gasteiger partial charge in [0.25, 0.3) is 0 Å². The van der Waals surface area contributed by atoms with Gasteiger partial charge in [-0.1, -0.05) is 22.6 Å². The Morgan fingerprint density at radius 3 is 2.69 bits per heavy atom. The third-order valence-electron chi connectivity index (χ3n) is 2.10. The Bertz CT molecular complexity index is 355. The van der Waals surface area contributed by atoms with Crippen LogP contribution in [0.4, 0.5) is 5.82 Å². The fraction of sp³-hybridized carbons (Fsp3) is 0.636. The number of hydrogen-bond acceptors (Lipinski definition) is 3. The molecule has 1 N–H and O–H groups in total. The molecule has 0 saturated heterocycles. The smallest absolute Gasteiger partial charge is 0.153 e. The van der Waals surface area contributed by atoms with E-state index in [4.69, 9.17) is 0 Å². The van der Waals surface area contributed by atoms with Gasteiger partial charge >= 0.3 is 0 Å². The molecule has 0 atom stereocenters. The van der Waals surface area contributed by atoms with E-state index in [2.05, 4.69) is 70.1 Å². The average molecular weight is 334 g/mol. The molecule has 0 radical (unpaired) electrons. The standard InChI is InChI=1S/C11H19IN4/c1-8(2)15-11-10(5-13-6-12)16(7-14-11)9(3)4/h5,7-9,15H,6H2,1-4H3. The summed E-state index contributed by atoms with van der Waals surface area (Å²) in [5, 5.41) is 3.33. The van der Waals surface area contributed by atoms with Crippen molar-refractivity contribution < 1.29 is 0 Å². The molecule has 0 aliphatic carbocycles. The second kappa shape index (κ2) is 6.22. The van der Waals surface area contributed by atoms with Crippen molar-refractivity contribution in [3.63, 3.8) is 0 Å². The summed E-state index contributed by atoms with van der Waals surface area (Å²) in [7, 11) is 0. The van der Waals surface area contributed by atoms with Crippen molar-refractivity contribution >= 4 is 34.6 Å². The van der Waals surface area contributed by atoms with Gasteiger partial charge < -0.3 is 9.88 Å². The van der Waals surface area contributed by atoms with Crippen molar-refractivity contribution in [1.29, 1.82) is 0 Å². The van der Waals surface area contributed by atoms with Crippen LogP contribution >= 0.6 is 22.6 Å². The van der Waals surface area contributed by atoms with Crippen molar-refractivity contribution in [2.75, 3.05) is 9.87 Å².